The molecule has 1 aliphatic carbocycles. The minimum absolute atomic E-state index is 0.758. The van der Waals surface area contributed by atoms with Gasteiger partial charge in [-0.25, -0.2) is 0 Å². The Morgan fingerprint density at radius 1 is 0.846 bits per heavy atom. The zero-order valence-corrected chi connectivity index (χ0v) is 16.0. The molecule has 0 radical (unpaired) electrons. The molecule has 3 nitrogen and oxygen atoms in total. The summed E-state index contributed by atoms with van der Waals surface area (Å²) in [6, 6.07) is 16.2. The van der Waals surface area contributed by atoms with Gasteiger partial charge in [-0.05, 0) is 54.9 Å². The normalized spacial score (nSPS) is 25.4. The Labute approximate surface area is 156 Å². The van der Waals surface area contributed by atoms with Crippen LogP contribution >= 0.6 is 0 Å². The minimum Gasteiger partial charge on any atom is -0.493 e. The Morgan fingerprint density at radius 2 is 1.50 bits per heavy atom. The SMILES string of the molecule is COc1cc2c(cc1OC)C[NH+](C1CCC(c3ccccc3)CC1)CC2. The van der Waals surface area contributed by atoms with Crippen molar-refractivity contribution in [3.05, 3.63) is 59.2 Å². The van der Waals surface area contributed by atoms with Crippen LogP contribution in [0.15, 0.2) is 42.5 Å². The first-order chi connectivity index (χ1) is 12.8. The summed E-state index contributed by atoms with van der Waals surface area (Å²) in [5.74, 6) is 2.48. The van der Waals surface area contributed by atoms with Crippen molar-refractivity contribution in [2.45, 2.75) is 50.6 Å². The van der Waals surface area contributed by atoms with Crippen LogP contribution in [0.25, 0.3) is 0 Å². The lowest BCUT2D eigenvalue weighted by Crippen LogP contribution is -3.15. The van der Waals surface area contributed by atoms with Gasteiger partial charge in [0, 0.05) is 12.0 Å². The van der Waals surface area contributed by atoms with Gasteiger partial charge < -0.3 is 14.4 Å². The number of hydrogen-bond acceptors (Lipinski definition) is 2. The highest BCUT2D eigenvalue weighted by atomic mass is 16.5. The molecule has 0 amide bonds. The third-order valence-corrected chi connectivity index (χ3v) is 6.41. The monoisotopic (exact) mass is 352 g/mol. The molecule has 1 unspecified atom stereocenters. The molecule has 1 N–H and O–H groups in total. The lowest BCUT2D eigenvalue weighted by Gasteiger charge is -2.37. The van der Waals surface area contributed by atoms with Gasteiger partial charge in [-0.2, -0.15) is 0 Å². The molecule has 1 heterocycles. The summed E-state index contributed by atoms with van der Waals surface area (Å²) < 4.78 is 11.0. The number of fused-ring (bicyclic) bond motifs is 1. The fourth-order valence-electron chi connectivity index (χ4n) is 4.90. The molecule has 2 aromatic carbocycles. The number of benzene rings is 2. The number of quaternary nitrogens is 1. The van der Waals surface area contributed by atoms with E-state index in [1.165, 1.54) is 48.9 Å². The highest BCUT2D eigenvalue weighted by Gasteiger charge is 2.32. The van der Waals surface area contributed by atoms with E-state index in [9.17, 15) is 0 Å². The van der Waals surface area contributed by atoms with Crippen LogP contribution in [0.1, 0.15) is 48.3 Å². The van der Waals surface area contributed by atoms with E-state index >= 15 is 0 Å². The van der Waals surface area contributed by atoms with E-state index in [0.29, 0.717) is 0 Å². The summed E-state index contributed by atoms with van der Waals surface area (Å²) in [4.78, 5) is 1.76. The van der Waals surface area contributed by atoms with E-state index in [4.69, 9.17) is 9.47 Å². The number of ether oxygens (including phenoxy) is 2. The summed E-state index contributed by atoms with van der Waals surface area (Å²) in [5, 5.41) is 0. The highest BCUT2D eigenvalue weighted by molar-refractivity contribution is 5.47. The molecule has 2 aromatic rings. The zero-order chi connectivity index (χ0) is 17.9. The van der Waals surface area contributed by atoms with E-state index < -0.39 is 0 Å². The van der Waals surface area contributed by atoms with Crippen molar-refractivity contribution in [3.8, 4) is 11.5 Å². The molecule has 1 aliphatic heterocycles. The van der Waals surface area contributed by atoms with Gasteiger partial charge in [-0.15, -0.1) is 0 Å². The summed E-state index contributed by atoms with van der Waals surface area (Å²) in [6.07, 6.45) is 6.49. The summed E-state index contributed by atoms with van der Waals surface area (Å²) in [7, 11) is 3.44. The van der Waals surface area contributed by atoms with Crippen LogP contribution in [0.4, 0.5) is 0 Å². The molecule has 0 aromatic heterocycles. The van der Waals surface area contributed by atoms with Crippen molar-refractivity contribution >= 4 is 0 Å². The predicted octanol–water partition coefficient (Wildman–Crippen LogP) is 3.37. The molecule has 3 heteroatoms. The van der Waals surface area contributed by atoms with Crippen molar-refractivity contribution in [2.75, 3.05) is 20.8 Å². The quantitative estimate of drug-likeness (QED) is 0.912. The van der Waals surface area contributed by atoms with Gasteiger partial charge in [0.15, 0.2) is 11.5 Å². The van der Waals surface area contributed by atoms with Gasteiger partial charge in [0.1, 0.15) is 6.54 Å². The Balaban J connectivity index is 1.42. The summed E-state index contributed by atoms with van der Waals surface area (Å²) in [6.45, 7) is 2.36. The Hall–Kier alpha value is -2.00. The molecule has 0 saturated heterocycles. The van der Waals surface area contributed by atoms with Gasteiger partial charge in [-0.3, -0.25) is 0 Å². The lowest BCUT2D eigenvalue weighted by molar-refractivity contribution is -0.942. The van der Waals surface area contributed by atoms with E-state index in [1.54, 1.807) is 19.1 Å². The van der Waals surface area contributed by atoms with Crippen molar-refractivity contribution in [3.63, 3.8) is 0 Å². The summed E-state index contributed by atoms with van der Waals surface area (Å²) in [5.41, 5.74) is 4.40. The topological polar surface area (TPSA) is 22.9 Å². The first-order valence-electron chi connectivity index (χ1n) is 9.91. The molecule has 26 heavy (non-hydrogen) atoms. The molecule has 138 valence electrons. The maximum absolute atomic E-state index is 5.51. The smallest absolute Gasteiger partial charge is 0.161 e. The number of methoxy groups -OCH3 is 2. The molecular formula is C23H30NO2+. The van der Waals surface area contributed by atoms with Crippen LogP contribution in [0, 0.1) is 0 Å². The number of nitrogens with one attached hydrogen (secondary N) is 1. The molecular weight excluding hydrogens is 322 g/mol. The molecule has 0 spiro atoms. The third kappa shape index (κ3) is 3.45. The van der Waals surface area contributed by atoms with Gasteiger partial charge >= 0.3 is 0 Å². The second-order valence-electron chi connectivity index (χ2n) is 7.77. The largest absolute Gasteiger partial charge is 0.493 e. The fraction of sp³-hybridized carbons (Fsp3) is 0.478. The molecule has 1 fully saturated rings. The van der Waals surface area contributed by atoms with Crippen LogP contribution in [-0.4, -0.2) is 26.8 Å². The second-order valence-corrected chi connectivity index (χ2v) is 7.77. The molecule has 4 rings (SSSR count). The Kier molecular flexibility index (Phi) is 5.16. The second kappa shape index (κ2) is 7.71. The molecule has 1 saturated carbocycles. The summed E-state index contributed by atoms with van der Waals surface area (Å²) >= 11 is 0. The van der Waals surface area contributed by atoms with Crippen LogP contribution < -0.4 is 14.4 Å². The maximum atomic E-state index is 5.51. The minimum atomic E-state index is 0.758. The van der Waals surface area contributed by atoms with Gasteiger partial charge in [0.2, 0.25) is 0 Å². The van der Waals surface area contributed by atoms with Crippen molar-refractivity contribution in [2.24, 2.45) is 0 Å². The van der Waals surface area contributed by atoms with Gasteiger partial charge in [0.25, 0.3) is 0 Å². The molecule has 0 bridgehead atoms. The van der Waals surface area contributed by atoms with Gasteiger partial charge in [-0.1, -0.05) is 30.3 Å². The first kappa shape index (κ1) is 17.4. The lowest BCUT2D eigenvalue weighted by atomic mass is 9.80. The third-order valence-electron chi connectivity index (χ3n) is 6.41. The average molecular weight is 352 g/mol. The van der Waals surface area contributed by atoms with E-state index in [-0.39, 0.29) is 0 Å². The van der Waals surface area contributed by atoms with Crippen LogP contribution in [0.3, 0.4) is 0 Å². The number of hydrogen-bond donors (Lipinski definition) is 1. The standard InChI is InChI=1S/C23H29NO2/c1-25-22-14-19-12-13-24(16-20(19)15-23(22)26-2)21-10-8-18(9-11-21)17-6-4-3-5-7-17/h3-7,14-15,18,21H,8-13,16H2,1-2H3/p+1. The van der Waals surface area contributed by atoms with Crippen molar-refractivity contribution in [1.29, 1.82) is 0 Å². The molecule has 2 aliphatic rings. The van der Waals surface area contributed by atoms with Crippen molar-refractivity contribution in [1.82, 2.24) is 0 Å². The Morgan fingerprint density at radius 3 is 2.15 bits per heavy atom. The maximum Gasteiger partial charge on any atom is 0.161 e. The predicted molar refractivity (Wildman–Crippen MR) is 104 cm³/mol. The fourth-order valence-corrected chi connectivity index (χ4v) is 4.90. The van der Waals surface area contributed by atoms with Crippen LogP contribution in [-0.2, 0) is 13.0 Å². The van der Waals surface area contributed by atoms with Crippen LogP contribution in [0.5, 0.6) is 11.5 Å². The highest BCUT2D eigenvalue weighted by Crippen LogP contribution is 2.34. The van der Waals surface area contributed by atoms with Crippen LogP contribution in [0.2, 0.25) is 0 Å². The average Bonchev–Trinajstić information content (AvgIpc) is 2.73. The first-order valence-corrected chi connectivity index (χ1v) is 9.91. The van der Waals surface area contributed by atoms with Gasteiger partial charge in [0.05, 0.1) is 26.8 Å². The van der Waals surface area contributed by atoms with Crippen molar-refractivity contribution < 1.29 is 14.4 Å². The number of rotatable bonds is 4. The van der Waals surface area contributed by atoms with E-state index in [0.717, 1.165) is 36.4 Å². The van der Waals surface area contributed by atoms with E-state index in [1.807, 2.05) is 0 Å². The Bertz CT molecular complexity index is 735. The van der Waals surface area contributed by atoms with E-state index in [2.05, 4.69) is 42.5 Å². The zero-order valence-electron chi connectivity index (χ0n) is 16.0. The molecule has 1 atom stereocenters.